The van der Waals surface area contributed by atoms with Crippen LogP contribution in [0.15, 0.2) is 4.99 Å². The molecule has 0 spiro atoms. The fraction of sp³-hybridized carbons (Fsp3) is 0.929. The zero-order chi connectivity index (χ0) is 15.7. The summed E-state index contributed by atoms with van der Waals surface area (Å²) in [6.45, 7) is 6.08. The van der Waals surface area contributed by atoms with Crippen LogP contribution >= 0.6 is 0 Å². The first kappa shape index (κ1) is 18.2. The van der Waals surface area contributed by atoms with Crippen LogP contribution in [0.5, 0.6) is 0 Å². The third kappa shape index (κ3) is 6.65. The minimum atomic E-state index is -3.00. The summed E-state index contributed by atoms with van der Waals surface area (Å²) < 4.78 is 24.9. The van der Waals surface area contributed by atoms with E-state index in [9.17, 15) is 8.42 Å². The second-order valence-corrected chi connectivity index (χ2v) is 7.70. The van der Waals surface area contributed by atoms with Crippen LogP contribution in [0.3, 0.4) is 0 Å². The predicted molar refractivity (Wildman–Crippen MR) is 88.1 cm³/mol. The van der Waals surface area contributed by atoms with E-state index in [-0.39, 0.29) is 5.75 Å². The Kier molecular flexibility index (Phi) is 8.03. The topological polar surface area (TPSA) is 73.8 Å². The van der Waals surface area contributed by atoms with E-state index in [1.165, 1.54) is 19.3 Å². The molecule has 0 aromatic carbocycles. The molecule has 0 radical (unpaired) electrons. The Hall–Kier alpha value is -0.820. The third-order valence-corrected chi connectivity index (χ3v) is 5.66. The van der Waals surface area contributed by atoms with Crippen molar-refractivity contribution in [2.45, 2.75) is 52.0 Å². The lowest BCUT2D eigenvalue weighted by molar-refractivity contribution is 0.444. The van der Waals surface area contributed by atoms with Gasteiger partial charge in [-0.05, 0) is 19.8 Å². The van der Waals surface area contributed by atoms with E-state index in [4.69, 9.17) is 0 Å². The number of nitrogens with one attached hydrogen (secondary N) is 2. The summed E-state index contributed by atoms with van der Waals surface area (Å²) >= 11 is 0. The van der Waals surface area contributed by atoms with Crippen molar-refractivity contribution in [1.82, 2.24) is 14.9 Å². The Morgan fingerprint density at radius 2 is 2.14 bits per heavy atom. The summed E-state index contributed by atoms with van der Waals surface area (Å²) in [5.41, 5.74) is 0. The molecule has 0 saturated carbocycles. The predicted octanol–water partition coefficient (Wildman–Crippen LogP) is 1.16. The van der Waals surface area contributed by atoms with E-state index in [0.717, 1.165) is 18.8 Å². The number of nitrogens with zero attached hydrogens (tertiary/aromatic N) is 2. The highest BCUT2D eigenvalue weighted by atomic mass is 32.2. The Morgan fingerprint density at radius 3 is 2.71 bits per heavy atom. The lowest BCUT2D eigenvalue weighted by Gasteiger charge is -2.19. The highest BCUT2D eigenvalue weighted by molar-refractivity contribution is 7.89. The lowest BCUT2D eigenvalue weighted by atomic mass is 10.1. The van der Waals surface area contributed by atoms with Crippen LogP contribution < -0.4 is 10.6 Å². The van der Waals surface area contributed by atoms with E-state index < -0.39 is 10.0 Å². The SMILES string of the molecule is CCCCCC(C)NC(=NC)NCCN1CCCS1(=O)=O. The maximum atomic E-state index is 11.7. The molecule has 1 fully saturated rings. The zero-order valence-corrected chi connectivity index (χ0v) is 14.4. The molecule has 21 heavy (non-hydrogen) atoms. The summed E-state index contributed by atoms with van der Waals surface area (Å²) in [6, 6.07) is 0.373. The number of unbranched alkanes of at least 4 members (excludes halogenated alkanes) is 2. The van der Waals surface area contributed by atoms with Crippen LogP contribution in [0.4, 0.5) is 0 Å². The molecular formula is C14H30N4O2S. The molecule has 1 aliphatic heterocycles. The van der Waals surface area contributed by atoms with Gasteiger partial charge in [-0.25, -0.2) is 12.7 Å². The number of guanidine groups is 1. The molecule has 1 atom stereocenters. The second-order valence-electron chi connectivity index (χ2n) is 5.61. The van der Waals surface area contributed by atoms with Crippen LogP contribution in [-0.4, -0.2) is 57.2 Å². The second kappa shape index (κ2) is 9.25. The van der Waals surface area contributed by atoms with Gasteiger partial charge in [0, 0.05) is 32.7 Å². The van der Waals surface area contributed by atoms with Gasteiger partial charge in [-0.15, -0.1) is 0 Å². The highest BCUT2D eigenvalue weighted by Gasteiger charge is 2.27. The van der Waals surface area contributed by atoms with E-state index in [1.54, 1.807) is 11.4 Å². The van der Waals surface area contributed by atoms with Gasteiger partial charge in [0.25, 0.3) is 0 Å². The standard InChI is InChI=1S/C14H30N4O2S/c1-4-5-6-8-13(2)17-14(15-3)16-9-11-18-10-7-12-21(18,19)20/h13H,4-12H2,1-3H3,(H2,15,16,17). The molecule has 0 bridgehead atoms. The van der Waals surface area contributed by atoms with Crippen molar-refractivity contribution >= 4 is 16.0 Å². The normalized spacial score (nSPS) is 20.4. The van der Waals surface area contributed by atoms with Crippen molar-refractivity contribution in [2.24, 2.45) is 4.99 Å². The summed E-state index contributed by atoms with van der Waals surface area (Å²) in [6.07, 6.45) is 5.56. The number of hydrogen-bond acceptors (Lipinski definition) is 3. The van der Waals surface area contributed by atoms with Gasteiger partial charge in [-0.1, -0.05) is 26.2 Å². The number of rotatable bonds is 8. The van der Waals surface area contributed by atoms with Gasteiger partial charge in [0.2, 0.25) is 10.0 Å². The lowest BCUT2D eigenvalue weighted by Crippen LogP contribution is -2.45. The first-order valence-electron chi connectivity index (χ1n) is 7.94. The number of sulfonamides is 1. The molecule has 1 unspecified atom stereocenters. The fourth-order valence-corrected chi connectivity index (χ4v) is 3.97. The Bertz CT molecular complexity index is 423. The smallest absolute Gasteiger partial charge is 0.214 e. The summed E-state index contributed by atoms with van der Waals surface area (Å²) in [4.78, 5) is 4.18. The fourth-order valence-electron chi connectivity index (χ4n) is 2.44. The molecule has 1 aliphatic rings. The van der Waals surface area contributed by atoms with Gasteiger partial charge < -0.3 is 10.6 Å². The average Bonchev–Trinajstić information content (AvgIpc) is 2.77. The molecule has 1 rings (SSSR count). The van der Waals surface area contributed by atoms with Crippen LogP contribution in [-0.2, 0) is 10.0 Å². The van der Waals surface area contributed by atoms with Gasteiger partial charge in [0.1, 0.15) is 0 Å². The molecule has 2 N–H and O–H groups in total. The van der Waals surface area contributed by atoms with Crippen molar-refractivity contribution in [3.05, 3.63) is 0 Å². The first-order valence-corrected chi connectivity index (χ1v) is 9.55. The van der Waals surface area contributed by atoms with Crippen molar-refractivity contribution in [3.8, 4) is 0 Å². The summed E-state index contributed by atoms with van der Waals surface area (Å²) in [5.74, 6) is 1.03. The molecule has 1 saturated heterocycles. The van der Waals surface area contributed by atoms with Crippen LogP contribution in [0.25, 0.3) is 0 Å². The Labute approximate surface area is 129 Å². The maximum absolute atomic E-state index is 11.7. The molecule has 7 heteroatoms. The van der Waals surface area contributed by atoms with Crippen molar-refractivity contribution in [1.29, 1.82) is 0 Å². The van der Waals surface area contributed by atoms with Crippen LogP contribution in [0.1, 0.15) is 46.0 Å². The molecule has 0 aromatic rings. The van der Waals surface area contributed by atoms with Gasteiger partial charge in [0.05, 0.1) is 5.75 Å². The van der Waals surface area contributed by atoms with E-state index >= 15 is 0 Å². The average molecular weight is 318 g/mol. The minimum Gasteiger partial charge on any atom is -0.355 e. The maximum Gasteiger partial charge on any atom is 0.214 e. The Morgan fingerprint density at radius 1 is 1.38 bits per heavy atom. The van der Waals surface area contributed by atoms with Gasteiger partial charge >= 0.3 is 0 Å². The molecular weight excluding hydrogens is 288 g/mol. The third-order valence-electron chi connectivity index (χ3n) is 3.70. The molecule has 0 aromatic heterocycles. The van der Waals surface area contributed by atoms with Gasteiger partial charge in [-0.3, -0.25) is 4.99 Å². The van der Waals surface area contributed by atoms with Crippen LogP contribution in [0, 0.1) is 0 Å². The van der Waals surface area contributed by atoms with E-state index in [0.29, 0.717) is 25.7 Å². The molecule has 6 nitrogen and oxygen atoms in total. The van der Waals surface area contributed by atoms with Crippen molar-refractivity contribution in [2.75, 3.05) is 32.4 Å². The quantitative estimate of drug-likeness (QED) is 0.400. The van der Waals surface area contributed by atoms with Gasteiger partial charge in [0.15, 0.2) is 5.96 Å². The first-order chi connectivity index (χ1) is 9.99. The van der Waals surface area contributed by atoms with E-state index in [1.807, 2.05) is 0 Å². The molecule has 0 amide bonds. The molecule has 124 valence electrons. The highest BCUT2D eigenvalue weighted by Crippen LogP contribution is 2.11. The largest absolute Gasteiger partial charge is 0.355 e. The molecule has 0 aliphatic carbocycles. The van der Waals surface area contributed by atoms with Crippen LogP contribution in [0.2, 0.25) is 0 Å². The van der Waals surface area contributed by atoms with Crippen molar-refractivity contribution < 1.29 is 8.42 Å². The summed E-state index contributed by atoms with van der Waals surface area (Å²) in [5, 5.41) is 6.53. The number of aliphatic imine (C=N–C) groups is 1. The number of hydrogen-bond donors (Lipinski definition) is 2. The minimum absolute atomic E-state index is 0.286. The monoisotopic (exact) mass is 318 g/mol. The van der Waals surface area contributed by atoms with E-state index in [2.05, 4.69) is 29.5 Å². The zero-order valence-electron chi connectivity index (χ0n) is 13.6. The summed E-state index contributed by atoms with van der Waals surface area (Å²) in [7, 11) is -1.26. The van der Waals surface area contributed by atoms with Crippen molar-refractivity contribution in [3.63, 3.8) is 0 Å². The Balaban J connectivity index is 2.25. The molecule has 1 heterocycles. The van der Waals surface area contributed by atoms with Gasteiger partial charge in [-0.2, -0.15) is 0 Å².